The minimum absolute atomic E-state index is 0.00606. The van der Waals surface area contributed by atoms with E-state index in [1.807, 2.05) is 0 Å². The Hall–Kier alpha value is -4.03. The number of hydrogen-bond donors (Lipinski definition) is 1. The normalized spacial score (nSPS) is 15.9. The molecule has 1 aliphatic rings. The Morgan fingerprint density at radius 1 is 1.10 bits per heavy atom. The zero-order chi connectivity index (χ0) is 29.4. The first kappa shape index (κ1) is 29.0. The summed E-state index contributed by atoms with van der Waals surface area (Å²) in [4.78, 5) is 30.9. The molecule has 1 atom stereocenters. The molecule has 0 aliphatic carbocycles. The predicted molar refractivity (Wildman–Crippen MR) is 149 cm³/mol. The molecule has 0 saturated heterocycles. The second kappa shape index (κ2) is 10.9. The van der Waals surface area contributed by atoms with E-state index in [0.717, 1.165) is 14.9 Å². The van der Waals surface area contributed by atoms with Crippen LogP contribution in [0.15, 0.2) is 70.8 Å². The third kappa shape index (κ3) is 5.36. The molecule has 2 amide bonds. The van der Waals surface area contributed by atoms with Crippen LogP contribution in [0, 0.1) is 12.8 Å². The van der Waals surface area contributed by atoms with Crippen LogP contribution in [0.3, 0.4) is 0 Å². The highest BCUT2D eigenvalue weighted by atomic mass is 32.2. The number of nitrogens with zero attached hydrogens (tertiary/aromatic N) is 4. The van der Waals surface area contributed by atoms with E-state index < -0.39 is 40.1 Å². The van der Waals surface area contributed by atoms with Crippen LogP contribution < -0.4 is 10.3 Å². The summed E-state index contributed by atoms with van der Waals surface area (Å²) in [5.41, 5.74) is 1.71. The van der Waals surface area contributed by atoms with E-state index in [0.29, 0.717) is 5.69 Å². The lowest BCUT2D eigenvalue weighted by Gasteiger charge is -2.20. The van der Waals surface area contributed by atoms with E-state index in [1.165, 1.54) is 76.6 Å². The molecular formula is C28H29F2N5O4S. The number of sulfonamides is 1. The van der Waals surface area contributed by atoms with Crippen LogP contribution in [0.25, 0.3) is 11.3 Å². The molecule has 1 aliphatic heterocycles. The van der Waals surface area contributed by atoms with Crippen molar-refractivity contribution in [1.82, 2.24) is 9.29 Å². The summed E-state index contributed by atoms with van der Waals surface area (Å²) in [6, 6.07) is 13.1. The SMILES string of the molecule is CCC(F)(F)c1cccc(NC(=O)C2C(=O)N(c3ccc(S(=O)(=O)N(C)C)c(-c4ncccc4C)c3)N=C2C)c1. The lowest BCUT2D eigenvalue weighted by molar-refractivity contribution is -0.127. The van der Waals surface area contributed by atoms with Crippen molar-refractivity contribution in [3.8, 4) is 11.3 Å². The Bertz CT molecular complexity index is 1620. The maximum atomic E-state index is 14.2. The van der Waals surface area contributed by atoms with E-state index in [1.54, 1.807) is 19.1 Å². The first-order chi connectivity index (χ1) is 18.8. The second-order valence-electron chi connectivity index (χ2n) is 9.59. The number of hydrogen-bond acceptors (Lipinski definition) is 6. The summed E-state index contributed by atoms with van der Waals surface area (Å²) >= 11 is 0. The average Bonchev–Trinajstić information content (AvgIpc) is 3.22. The van der Waals surface area contributed by atoms with E-state index >= 15 is 0 Å². The summed E-state index contributed by atoms with van der Waals surface area (Å²) < 4.78 is 55.6. The Kier molecular flexibility index (Phi) is 7.86. The molecule has 1 aromatic heterocycles. The van der Waals surface area contributed by atoms with Crippen molar-refractivity contribution in [2.24, 2.45) is 11.0 Å². The van der Waals surface area contributed by atoms with Gasteiger partial charge in [0.2, 0.25) is 15.9 Å². The molecule has 4 rings (SSSR count). The maximum Gasteiger partial charge on any atom is 0.273 e. The van der Waals surface area contributed by atoms with Crippen molar-refractivity contribution in [3.63, 3.8) is 0 Å². The fourth-order valence-electron chi connectivity index (χ4n) is 4.32. The summed E-state index contributed by atoms with van der Waals surface area (Å²) in [7, 11) is -1.05. The van der Waals surface area contributed by atoms with Crippen molar-refractivity contribution < 1.29 is 26.8 Å². The van der Waals surface area contributed by atoms with Crippen LogP contribution in [-0.4, -0.2) is 49.3 Å². The lowest BCUT2D eigenvalue weighted by Crippen LogP contribution is -2.36. The number of benzene rings is 2. The molecule has 1 N–H and O–H groups in total. The highest BCUT2D eigenvalue weighted by molar-refractivity contribution is 7.89. The number of aryl methyl sites for hydroxylation is 1. The molecule has 0 saturated carbocycles. The van der Waals surface area contributed by atoms with Crippen LogP contribution in [0.5, 0.6) is 0 Å². The van der Waals surface area contributed by atoms with Crippen LogP contribution in [0.2, 0.25) is 0 Å². The van der Waals surface area contributed by atoms with Crippen molar-refractivity contribution in [3.05, 3.63) is 71.9 Å². The second-order valence-corrected chi connectivity index (χ2v) is 11.7. The Labute approximate surface area is 231 Å². The number of carbonyl (C=O) groups is 2. The molecule has 0 fully saturated rings. The number of nitrogens with one attached hydrogen (secondary N) is 1. The molecule has 0 spiro atoms. The molecule has 12 heteroatoms. The van der Waals surface area contributed by atoms with Gasteiger partial charge in [0.1, 0.15) is 0 Å². The van der Waals surface area contributed by atoms with Gasteiger partial charge in [-0.1, -0.05) is 25.1 Å². The molecule has 9 nitrogen and oxygen atoms in total. The number of amides is 2. The van der Waals surface area contributed by atoms with E-state index in [-0.39, 0.29) is 33.1 Å². The quantitative estimate of drug-likeness (QED) is 0.392. The van der Waals surface area contributed by atoms with Gasteiger partial charge in [-0.15, -0.1) is 0 Å². The first-order valence-corrected chi connectivity index (χ1v) is 13.9. The summed E-state index contributed by atoms with van der Waals surface area (Å²) in [6.45, 7) is 4.66. The monoisotopic (exact) mass is 569 g/mol. The fraction of sp³-hybridized carbons (Fsp3) is 0.286. The summed E-state index contributed by atoms with van der Waals surface area (Å²) in [5, 5.41) is 7.86. The number of hydrazone groups is 1. The molecule has 2 aromatic carbocycles. The van der Waals surface area contributed by atoms with Crippen molar-refractivity contribution in [2.75, 3.05) is 24.4 Å². The first-order valence-electron chi connectivity index (χ1n) is 12.4. The standard InChI is InChI=1S/C28H29F2N5O4S/c1-6-28(29,30)19-10-7-11-20(15-19)32-26(36)24-18(3)33-35(27(24)37)21-12-13-23(40(38,39)34(4)5)22(16-21)25-17(2)9-8-14-31-25/h7-16,24H,6H2,1-5H3,(H,32,36). The van der Waals surface area contributed by atoms with E-state index in [2.05, 4.69) is 15.4 Å². The van der Waals surface area contributed by atoms with Crippen molar-refractivity contribution >= 4 is 38.9 Å². The van der Waals surface area contributed by atoms with Gasteiger partial charge in [0.15, 0.2) is 5.92 Å². The number of alkyl halides is 2. The molecule has 210 valence electrons. The highest BCUT2D eigenvalue weighted by Gasteiger charge is 2.40. The molecule has 0 radical (unpaired) electrons. The number of pyridine rings is 1. The van der Waals surface area contributed by atoms with E-state index in [9.17, 15) is 26.8 Å². The Balaban J connectivity index is 1.68. The van der Waals surface area contributed by atoms with Crippen LogP contribution >= 0.6 is 0 Å². The topological polar surface area (TPSA) is 112 Å². The van der Waals surface area contributed by atoms with Gasteiger partial charge in [-0.25, -0.2) is 21.5 Å². The minimum Gasteiger partial charge on any atom is -0.325 e. The third-order valence-electron chi connectivity index (χ3n) is 6.62. The summed E-state index contributed by atoms with van der Waals surface area (Å²) in [5.74, 6) is -5.76. The number of rotatable bonds is 8. The predicted octanol–water partition coefficient (Wildman–Crippen LogP) is 4.79. The molecule has 1 unspecified atom stereocenters. The van der Waals surface area contributed by atoms with Crippen molar-refractivity contribution in [2.45, 2.75) is 38.0 Å². The number of halogens is 2. The van der Waals surface area contributed by atoms with Gasteiger partial charge in [0, 0.05) is 43.5 Å². The zero-order valence-electron chi connectivity index (χ0n) is 22.6. The number of anilines is 2. The lowest BCUT2D eigenvalue weighted by atomic mass is 10.0. The summed E-state index contributed by atoms with van der Waals surface area (Å²) in [6.07, 6.45) is 1.14. The molecule has 40 heavy (non-hydrogen) atoms. The third-order valence-corrected chi connectivity index (χ3v) is 8.49. The van der Waals surface area contributed by atoms with Crippen LogP contribution in [-0.2, 0) is 25.5 Å². The van der Waals surface area contributed by atoms with Gasteiger partial charge in [0.05, 0.1) is 22.0 Å². The van der Waals surface area contributed by atoms with Gasteiger partial charge in [-0.3, -0.25) is 14.6 Å². The van der Waals surface area contributed by atoms with Crippen molar-refractivity contribution in [1.29, 1.82) is 0 Å². The zero-order valence-corrected chi connectivity index (χ0v) is 23.5. The smallest absolute Gasteiger partial charge is 0.273 e. The van der Waals surface area contributed by atoms with Gasteiger partial charge in [0.25, 0.3) is 11.8 Å². The van der Waals surface area contributed by atoms with Gasteiger partial charge >= 0.3 is 0 Å². The average molecular weight is 570 g/mol. The molecule has 0 bridgehead atoms. The van der Waals surface area contributed by atoms with Gasteiger partial charge in [-0.2, -0.15) is 10.1 Å². The fourth-order valence-corrected chi connectivity index (χ4v) is 5.39. The largest absolute Gasteiger partial charge is 0.325 e. The Morgan fingerprint density at radius 2 is 1.82 bits per heavy atom. The van der Waals surface area contributed by atoms with E-state index in [4.69, 9.17) is 0 Å². The van der Waals surface area contributed by atoms with Crippen LogP contribution in [0.1, 0.15) is 31.4 Å². The van der Waals surface area contributed by atoms with Gasteiger partial charge in [-0.05, 0) is 55.8 Å². The molecular weight excluding hydrogens is 540 g/mol. The minimum atomic E-state index is -3.88. The van der Waals surface area contributed by atoms with Crippen LogP contribution in [0.4, 0.5) is 20.2 Å². The number of carbonyl (C=O) groups excluding carboxylic acids is 2. The molecule has 2 heterocycles. The number of aromatic nitrogens is 1. The molecule has 3 aromatic rings. The maximum absolute atomic E-state index is 14.2. The highest BCUT2D eigenvalue weighted by Crippen LogP contribution is 2.36. The Morgan fingerprint density at radius 3 is 2.48 bits per heavy atom. The van der Waals surface area contributed by atoms with Gasteiger partial charge < -0.3 is 5.32 Å².